The van der Waals surface area contributed by atoms with Crippen LogP contribution in [0.2, 0.25) is 0 Å². The van der Waals surface area contributed by atoms with Gasteiger partial charge < -0.3 is 14.2 Å². The van der Waals surface area contributed by atoms with E-state index in [-0.39, 0.29) is 12.0 Å². The van der Waals surface area contributed by atoms with Gasteiger partial charge in [-0.1, -0.05) is 6.08 Å². The summed E-state index contributed by atoms with van der Waals surface area (Å²) in [4.78, 5) is 25.3. The van der Waals surface area contributed by atoms with Gasteiger partial charge in [0.05, 0.1) is 19.3 Å². The van der Waals surface area contributed by atoms with Gasteiger partial charge in [-0.2, -0.15) is 0 Å². The van der Waals surface area contributed by atoms with Gasteiger partial charge in [0, 0.05) is 6.08 Å². The van der Waals surface area contributed by atoms with Crippen LogP contribution in [0, 0.1) is 0 Å². The van der Waals surface area contributed by atoms with Crippen molar-refractivity contribution in [3.8, 4) is 0 Å². The fraction of sp³-hybridized carbons (Fsp3) is 0.750. The van der Waals surface area contributed by atoms with E-state index in [1.807, 2.05) is 34.6 Å². The summed E-state index contributed by atoms with van der Waals surface area (Å²) in [5.41, 5.74) is -1.30. The topological polar surface area (TPSA) is 65.1 Å². The van der Waals surface area contributed by atoms with Crippen molar-refractivity contribution in [2.45, 2.75) is 65.3 Å². The molecule has 6 nitrogen and oxygen atoms in total. The lowest BCUT2D eigenvalue weighted by molar-refractivity contribution is -0.137. The third-order valence-corrected chi connectivity index (χ3v) is 3.11. The van der Waals surface area contributed by atoms with Crippen LogP contribution in [0.15, 0.2) is 12.2 Å². The fourth-order valence-electron chi connectivity index (χ4n) is 2.25. The molecule has 126 valence electrons. The molecule has 0 N–H and O–H groups in total. The minimum Gasteiger partial charge on any atom is -0.463 e. The zero-order valence-corrected chi connectivity index (χ0v) is 14.3. The van der Waals surface area contributed by atoms with Crippen molar-refractivity contribution in [2.75, 3.05) is 13.2 Å². The molecule has 1 aliphatic rings. The summed E-state index contributed by atoms with van der Waals surface area (Å²) in [6.07, 6.45) is 3.17. The maximum atomic E-state index is 12.4. The Morgan fingerprint density at radius 2 is 2.00 bits per heavy atom. The first-order valence-electron chi connectivity index (χ1n) is 7.56. The molecule has 1 fully saturated rings. The molecule has 0 aromatic rings. The van der Waals surface area contributed by atoms with Gasteiger partial charge in [-0.3, -0.25) is 4.90 Å². The molecule has 1 aliphatic heterocycles. The number of nitrogens with zero attached hydrogens (tertiary/aromatic N) is 1. The Labute approximate surface area is 132 Å². The molecule has 0 bridgehead atoms. The Morgan fingerprint density at radius 1 is 1.36 bits per heavy atom. The third-order valence-electron chi connectivity index (χ3n) is 3.11. The van der Waals surface area contributed by atoms with E-state index in [0.29, 0.717) is 19.6 Å². The van der Waals surface area contributed by atoms with Crippen LogP contribution in [-0.2, 0) is 19.0 Å². The van der Waals surface area contributed by atoms with Crippen molar-refractivity contribution < 1.29 is 23.8 Å². The second-order valence-electron chi connectivity index (χ2n) is 6.65. The summed E-state index contributed by atoms with van der Waals surface area (Å²) >= 11 is 0. The van der Waals surface area contributed by atoms with E-state index in [2.05, 4.69) is 0 Å². The van der Waals surface area contributed by atoms with Crippen LogP contribution in [0.3, 0.4) is 0 Å². The number of ether oxygens (including phenoxy) is 3. The molecule has 1 heterocycles. The molecule has 1 atom stereocenters. The Bertz CT molecular complexity index is 436. The SMILES string of the molecule is CCOC(=O)/C=C/C[C@H]1COC(C)(C)N1C(=O)OC(C)(C)C. The first-order valence-corrected chi connectivity index (χ1v) is 7.56. The number of carbonyl (C=O) groups excluding carboxylic acids is 2. The van der Waals surface area contributed by atoms with Crippen molar-refractivity contribution in [2.24, 2.45) is 0 Å². The monoisotopic (exact) mass is 313 g/mol. The van der Waals surface area contributed by atoms with Crippen LogP contribution < -0.4 is 0 Å². The standard InChI is InChI=1S/C16H27NO5/c1-7-20-13(18)10-8-9-12-11-21-16(5,6)17(12)14(19)22-15(2,3)4/h8,10,12H,7,9,11H2,1-6H3/b10-8+/t12-/m0/s1. The quantitative estimate of drug-likeness (QED) is 0.590. The van der Waals surface area contributed by atoms with Gasteiger partial charge in [0.1, 0.15) is 11.3 Å². The molecule has 0 spiro atoms. The predicted molar refractivity (Wildman–Crippen MR) is 82.3 cm³/mol. The molecular formula is C16H27NO5. The van der Waals surface area contributed by atoms with Gasteiger partial charge in [-0.15, -0.1) is 0 Å². The van der Waals surface area contributed by atoms with Gasteiger partial charge in [0.15, 0.2) is 0 Å². The summed E-state index contributed by atoms with van der Waals surface area (Å²) in [5.74, 6) is -0.385. The number of amides is 1. The minimum atomic E-state index is -0.731. The Hall–Kier alpha value is -1.56. The average Bonchev–Trinajstić information content (AvgIpc) is 2.62. The van der Waals surface area contributed by atoms with Gasteiger partial charge in [0.25, 0.3) is 0 Å². The summed E-state index contributed by atoms with van der Waals surface area (Å²) in [7, 11) is 0. The Morgan fingerprint density at radius 3 is 2.55 bits per heavy atom. The number of rotatable bonds is 4. The van der Waals surface area contributed by atoms with E-state index in [4.69, 9.17) is 14.2 Å². The largest absolute Gasteiger partial charge is 0.463 e. The molecule has 6 heteroatoms. The zero-order chi connectivity index (χ0) is 17.0. The molecule has 0 saturated carbocycles. The third kappa shape index (κ3) is 5.33. The molecule has 22 heavy (non-hydrogen) atoms. The maximum Gasteiger partial charge on any atom is 0.412 e. The molecular weight excluding hydrogens is 286 g/mol. The first kappa shape index (κ1) is 18.5. The molecule has 0 unspecified atom stereocenters. The van der Waals surface area contributed by atoms with E-state index >= 15 is 0 Å². The molecule has 0 aromatic heterocycles. The Kier molecular flexibility index (Phi) is 6.00. The summed E-state index contributed by atoms with van der Waals surface area (Å²) in [5, 5.41) is 0. The predicted octanol–water partition coefficient (Wildman–Crippen LogP) is 2.87. The molecule has 1 rings (SSSR count). The summed E-state index contributed by atoms with van der Waals surface area (Å²) in [6, 6.07) is -0.171. The smallest absolute Gasteiger partial charge is 0.412 e. The van der Waals surface area contributed by atoms with Crippen LogP contribution in [0.5, 0.6) is 0 Å². The fourth-order valence-corrected chi connectivity index (χ4v) is 2.25. The molecule has 1 amide bonds. The second-order valence-corrected chi connectivity index (χ2v) is 6.65. The van der Waals surface area contributed by atoms with Gasteiger partial charge in [0.2, 0.25) is 0 Å². The zero-order valence-electron chi connectivity index (χ0n) is 14.3. The first-order chi connectivity index (χ1) is 10.1. The summed E-state index contributed by atoms with van der Waals surface area (Å²) < 4.78 is 16.0. The normalized spacial score (nSPS) is 21.2. The van der Waals surface area contributed by atoms with Crippen molar-refractivity contribution >= 4 is 12.1 Å². The molecule has 0 radical (unpaired) electrons. The van der Waals surface area contributed by atoms with E-state index in [1.54, 1.807) is 17.9 Å². The highest BCUT2D eigenvalue weighted by atomic mass is 16.6. The van der Waals surface area contributed by atoms with Crippen LogP contribution in [-0.4, -0.2) is 47.5 Å². The number of esters is 1. The highest BCUT2D eigenvalue weighted by Gasteiger charge is 2.45. The van der Waals surface area contributed by atoms with Crippen LogP contribution in [0.1, 0.15) is 48.0 Å². The van der Waals surface area contributed by atoms with E-state index in [0.717, 1.165) is 0 Å². The number of hydrogen-bond acceptors (Lipinski definition) is 5. The lowest BCUT2D eigenvalue weighted by Crippen LogP contribution is -2.49. The second kappa shape index (κ2) is 7.13. The lowest BCUT2D eigenvalue weighted by atomic mass is 10.1. The van der Waals surface area contributed by atoms with E-state index in [9.17, 15) is 9.59 Å². The van der Waals surface area contributed by atoms with Gasteiger partial charge in [-0.05, 0) is 48.0 Å². The van der Waals surface area contributed by atoms with Gasteiger partial charge in [-0.25, -0.2) is 9.59 Å². The average molecular weight is 313 g/mol. The highest BCUT2D eigenvalue weighted by molar-refractivity contribution is 5.81. The molecule has 0 aliphatic carbocycles. The van der Waals surface area contributed by atoms with E-state index in [1.165, 1.54) is 6.08 Å². The summed E-state index contributed by atoms with van der Waals surface area (Å²) in [6.45, 7) is 11.6. The number of carbonyl (C=O) groups is 2. The number of hydrogen-bond donors (Lipinski definition) is 0. The highest BCUT2D eigenvalue weighted by Crippen LogP contribution is 2.30. The van der Waals surface area contributed by atoms with Crippen LogP contribution in [0.25, 0.3) is 0 Å². The Balaban J connectivity index is 2.73. The van der Waals surface area contributed by atoms with Crippen molar-refractivity contribution in [1.82, 2.24) is 4.90 Å². The molecule has 1 saturated heterocycles. The van der Waals surface area contributed by atoms with E-state index < -0.39 is 17.4 Å². The maximum absolute atomic E-state index is 12.4. The van der Waals surface area contributed by atoms with Crippen molar-refractivity contribution in [3.63, 3.8) is 0 Å². The lowest BCUT2D eigenvalue weighted by Gasteiger charge is -2.34. The molecule has 0 aromatic carbocycles. The minimum absolute atomic E-state index is 0.171. The van der Waals surface area contributed by atoms with Crippen LogP contribution in [0.4, 0.5) is 4.79 Å². The van der Waals surface area contributed by atoms with Crippen molar-refractivity contribution in [3.05, 3.63) is 12.2 Å². The van der Waals surface area contributed by atoms with Crippen molar-refractivity contribution in [1.29, 1.82) is 0 Å². The van der Waals surface area contributed by atoms with Crippen LogP contribution >= 0.6 is 0 Å². The van der Waals surface area contributed by atoms with Gasteiger partial charge >= 0.3 is 12.1 Å².